The maximum Gasteiger partial charge on any atom is 0.272 e. The number of hydrogen-bond donors (Lipinski definition) is 2. The van der Waals surface area contributed by atoms with Gasteiger partial charge in [0.2, 0.25) is 0 Å². The Hall–Kier alpha value is -1.66. The fraction of sp³-hybridized carbons (Fsp3) is 0.500. The molecule has 18 heavy (non-hydrogen) atoms. The number of nitrogens with one attached hydrogen (secondary N) is 1. The molecular formula is C12H20N4O2. The van der Waals surface area contributed by atoms with E-state index in [1.165, 1.54) is 4.90 Å². The predicted octanol–water partition coefficient (Wildman–Crippen LogP) is 0.169. The van der Waals surface area contributed by atoms with E-state index in [1.807, 2.05) is 0 Å². The minimum Gasteiger partial charge on any atom is -0.383 e. The third kappa shape index (κ3) is 3.97. The van der Waals surface area contributed by atoms with E-state index in [0.29, 0.717) is 18.8 Å². The molecule has 1 atom stereocenters. The molecule has 0 aromatic carbocycles. The molecule has 0 bridgehead atoms. The van der Waals surface area contributed by atoms with Crippen molar-refractivity contribution in [2.45, 2.75) is 6.04 Å². The van der Waals surface area contributed by atoms with E-state index < -0.39 is 0 Å². The van der Waals surface area contributed by atoms with Crippen molar-refractivity contribution in [2.24, 2.45) is 5.73 Å². The van der Waals surface area contributed by atoms with Crippen LogP contribution in [0.15, 0.2) is 18.3 Å². The largest absolute Gasteiger partial charge is 0.383 e. The van der Waals surface area contributed by atoms with Crippen LogP contribution >= 0.6 is 0 Å². The molecule has 6 heteroatoms. The second kappa shape index (κ2) is 6.93. The van der Waals surface area contributed by atoms with Gasteiger partial charge in [-0.25, -0.2) is 0 Å². The normalized spacial score (nSPS) is 12.0. The highest BCUT2D eigenvalue weighted by Gasteiger charge is 2.11. The number of pyridine rings is 1. The van der Waals surface area contributed by atoms with Crippen molar-refractivity contribution >= 4 is 11.6 Å². The van der Waals surface area contributed by atoms with Gasteiger partial charge in [0.25, 0.3) is 5.91 Å². The van der Waals surface area contributed by atoms with Gasteiger partial charge in [-0.1, -0.05) is 0 Å². The number of aromatic nitrogens is 1. The minimum absolute atomic E-state index is 0.0136. The van der Waals surface area contributed by atoms with E-state index in [-0.39, 0.29) is 11.9 Å². The number of nitrogens with two attached hydrogens (primary N) is 1. The zero-order valence-electron chi connectivity index (χ0n) is 11.0. The van der Waals surface area contributed by atoms with Crippen molar-refractivity contribution in [2.75, 3.05) is 39.7 Å². The molecule has 0 aliphatic rings. The lowest BCUT2D eigenvalue weighted by Crippen LogP contribution is -2.33. The lowest BCUT2D eigenvalue weighted by molar-refractivity contribution is 0.0822. The molecule has 100 valence electrons. The van der Waals surface area contributed by atoms with Gasteiger partial charge >= 0.3 is 0 Å². The van der Waals surface area contributed by atoms with Crippen LogP contribution < -0.4 is 11.1 Å². The summed E-state index contributed by atoms with van der Waals surface area (Å²) in [4.78, 5) is 17.3. The molecular weight excluding hydrogens is 232 g/mol. The number of amides is 1. The Balaban J connectivity index is 2.78. The molecule has 0 radical (unpaired) electrons. The average molecular weight is 252 g/mol. The second-order valence-corrected chi connectivity index (χ2v) is 4.16. The third-order valence-corrected chi connectivity index (χ3v) is 2.41. The van der Waals surface area contributed by atoms with Crippen LogP contribution in [-0.4, -0.2) is 56.2 Å². The van der Waals surface area contributed by atoms with E-state index in [4.69, 9.17) is 10.5 Å². The predicted molar refractivity (Wildman–Crippen MR) is 70.6 cm³/mol. The van der Waals surface area contributed by atoms with Crippen LogP contribution in [0.1, 0.15) is 10.5 Å². The van der Waals surface area contributed by atoms with Crippen LogP contribution in [-0.2, 0) is 4.74 Å². The summed E-state index contributed by atoms with van der Waals surface area (Å²) in [6.07, 6.45) is 1.60. The number of carbonyl (C=O) groups is 1. The van der Waals surface area contributed by atoms with Crippen LogP contribution in [0, 0.1) is 0 Å². The average Bonchev–Trinajstić information content (AvgIpc) is 2.37. The van der Waals surface area contributed by atoms with Crippen LogP contribution in [0.2, 0.25) is 0 Å². The van der Waals surface area contributed by atoms with Crippen molar-refractivity contribution < 1.29 is 9.53 Å². The standard InChI is InChI=1S/C12H20N4O2/c1-16(2)12(17)11-6-9(4-5-14-11)15-10(7-13)8-18-3/h4-6,10H,7-8,13H2,1-3H3,(H,14,15). The molecule has 1 aromatic rings. The summed E-state index contributed by atoms with van der Waals surface area (Å²) in [6, 6.07) is 3.52. The van der Waals surface area contributed by atoms with Crippen LogP contribution in [0.25, 0.3) is 0 Å². The number of nitrogens with zero attached hydrogens (tertiary/aromatic N) is 2. The molecule has 1 heterocycles. The Bertz CT molecular complexity index is 395. The molecule has 6 nitrogen and oxygen atoms in total. The number of methoxy groups -OCH3 is 1. The molecule has 0 aliphatic carbocycles. The van der Waals surface area contributed by atoms with Crippen molar-refractivity contribution in [1.29, 1.82) is 0 Å². The van der Waals surface area contributed by atoms with Crippen LogP contribution in [0.4, 0.5) is 5.69 Å². The first-order chi connectivity index (χ1) is 8.58. The van der Waals surface area contributed by atoms with E-state index in [1.54, 1.807) is 39.5 Å². The zero-order valence-corrected chi connectivity index (χ0v) is 11.0. The van der Waals surface area contributed by atoms with Crippen LogP contribution in [0.5, 0.6) is 0 Å². The number of carbonyl (C=O) groups excluding carboxylic acids is 1. The molecule has 0 fully saturated rings. The van der Waals surface area contributed by atoms with Gasteiger partial charge < -0.3 is 20.7 Å². The first kappa shape index (κ1) is 14.4. The topological polar surface area (TPSA) is 80.5 Å². The van der Waals surface area contributed by atoms with Gasteiger partial charge in [-0.3, -0.25) is 9.78 Å². The first-order valence-corrected chi connectivity index (χ1v) is 5.71. The fourth-order valence-electron chi connectivity index (χ4n) is 1.47. The van der Waals surface area contributed by atoms with E-state index >= 15 is 0 Å². The maximum absolute atomic E-state index is 11.8. The number of anilines is 1. The van der Waals surface area contributed by atoms with Crippen LogP contribution in [0.3, 0.4) is 0 Å². The Kier molecular flexibility index (Phi) is 5.54. The van der Waals surface area contributed by atoms with E-state index in [9.17, 15) is 4.79 Å². The highest BCUT2D eigenvalue weighted by atomic mass is 16.5. The maximum atomic E-state index is 11.8. The van der Waals surface area contributed by atoms with E-state index in [0.717, 1.165) is 5.69 Å². The lowest BCUT2D eigenvalue weighted by atomic mass is 10.2. The second-order valence-electron chi connectivity index (χ2n) is 4.16. The molecule has 0 saturated heterocycles. The van der Waals surface area contributed by atoms with Gasteiger partial charge in [0.15, 0.2) is 0 Å². The smallest absolute Gasteiger partial charge is 0.272 e. The lowest BCUT2D eigenvalue weighted by Gasteiger charge is -2.17. The van der Waals surface area contributed by atoms with Gasteiger partial charge in [0.05, 0.1) is 12.6 Å². The van der Waals surface area contributed by atoms with Crippen molar-refractivity contribution in [3.63, 3.8) is 0 Å². The minimum atomic E-state index is -0.130. The van der Waals surface area contributed by atoms with Gasteiger partial charge in [0, 0.05) is 39.6 Å². The Morgan fingerprint density at radius 1 is 1.61 bits per heavy atom. The van der Waals surface area contributed by atoms with Gasteiger partial charge in [0.1, 0.15) is 5.69 Å². The summed E-state index contributed by atoms with van der Waals surface area (Å²) in [6.45, 7) is 0.961. The van der Waals surface area contributed by atoms with Gasteiger partial charge in [-0.05, 0) is 12.1 Å². The number of rotatable bonds is 6. The van der Waals surface area contributed by atoms with Crippen molar-refractivity contribution in [3.05, 3.63) is 24.0 Å². The molecule has 0 spiro atoms. The Morgan fingerprint density at radius 3 is 2.89 bits per heavy atom. The summed E-state index contributed by atoms with van der Waals surface area (Å²) in [7, 11) is 5.01. The zero-order chi connectivity index (χ0) is 13.5. The van der Waals surface area contributed by atoms with E-state index in [2.05, 4.69) is 10.3 Å². The highest BCUT2D eigenvalue weighted by molar-refractivity contribution is 5.92. The number of ether oxygens (including phenoxy) is 1. The molecule has 0 aliphatic heterocycles. The van der Waals surface area contributed by atoms with Gasteiger partial charge in [-0.15, -0.1) is 0 Å². The van der Waals surface area contributed by atoms with Crippen molar-refractivity contribution in [1.82, 2.24) is 9.88 Å². The summed E-state index contributed by atoms with van der Waals surface area (Å²) in [5, 5.41) is 3.20. The fourth-order valence-corrected chi connectivity index (χ4v) is 1.47. The first-order valence-electron chi connectivity index (χ1n) is 5.71. The molecule has 1 aromatic heterocycles. The highest BCUT2D eigenvalue weighted by Crippen LogP contribution is 2.10. The molecule has 0 saturated carbocycles. The molecule has 1 unspecified atom stereocenters. The molecule has 1 rings (SSSR count). The van der Waals surface area contributed by atoms with Crippen molar-refractivity contribution in [3.8, 4) is 0 Å². The summed E-state index contributed by atoms with van der Waals surface area (Å²) >= 11 is 0. The SMILES string of the molecule is COCC(CN)Nc1ccnc(C(=O)N(C)C)c1. The summed E-state index contributed by atoms with van der Waals surface area (Å²) in [5.74, 6) is -0.130. The molecule has 3 N–H and O–H groups in total. The molecule has 1 amide bonds. The monoisotopic (exact) mass is 252 g/mol. The summed E-state index contributed by atoms with van der Waals surface area (Å²) < 4.78 is 5.05. The third-order valence-electron chi connectivity index (χ3n) is 2.41. The quantitative estimate of drug-likeness (QED) is 0.754. The number of hydrogen-bond acceptors (Lipinski definition) is 5. The van der Waals surface area contributed by atoms with Gasteiger partial charge in [-0.2, -0.15) is 0 Å². The Labute approximate surface area is 107 Å². The summed E-state index contributed by atoms with van der Waals surface area (Å²) in [5.41, 5.74) is 6.83. The Morgan fingerprint density at radius 2 is 2.33 bits per heavy atom.